The Balaban J connectivity index is 0.000000541. The van der Waals surface area contributed by atoms with Crippen LogP contribution in [0.3, 0.4) is 0 Å². The summed E-state index contributed by atoms with van der Waals surface area (Å²) in [6.07, 6.45) is 7.59. The molecule has 1 unspecified atom stereocenters. The standard InChI is InChI=1S/C12H12Br2FNO2.C4H6/c1-12(15)17-9-4-3-8(7-10(9)18-12)16(2)11(14)5-6-13;1-3-4-2/h3-5,7H,6H2,1-2H3;1H,4H2,2H3/b11-5-;. The van der Waals surface area contributed by atoms with Gasteiger partial charge in [0.25, 0.3) is 0 Å². The molecule has 22 heavy (non-hydrogen) atoms. The van der Waals surface area contributed by atoms with Gasteiger partial charge in [-0.15, -0.1) is 12.3 Å². The Labute approximate surface area is 147 Å². The fourth-order valence-electron chi connectivity index (χ4n) is 1.61. The third-order valence-electron chi connectivity index (χ3n) is 2.67. The quantitative estimate of drug-likeness (QED) is 0.370. The molecule has 0 aromatic heterocycles. The molecule has 1 aliphatic rings. The summed E-state index contributed by atoms with van der Waals surface area (Å²) >= 11 is 6.78. The molecule has 0 amide bonds. The Bertz CT molecular complexity index is 582. The minimum atomic E-state index is -2.08. The average Bonchev–Trinajstić information content (AvgIpc) is 2.79. The maximum atomic E-state index is 13.5. The van der Waals surface area contributed by atoms with E-state index < -0.39 is 6.04 Å². The second-order valence-electron chi connectivity index (χ2n) is 4.47. The number of ether oxygens (including phenoxy) is 2. The number of terminal acetylenes is 1. The van der Waals surface area contributed by atoms with Crippen molar-refractivity contribution in [2.24, 2.45) is 0 Å². The minimum Gasteiger partial charge on any atom is -0.423 e. The molecule has 0 spiro atoms. The zero-order valence-corrected chi connectivity index (χ0v) is 15.9. The molecule has 6 heteroatoms. The topological polar surface area (TPSA) is 21.7 Å². The van der Waals surface area contributed by atoms with Crippen LogP contribution in [0, 0.1) is 12.3 Å². The van der Waals surface area contributed by atoms with E-state index in [1.54, 1.807) is 12.1 Å². The fraction of sp³-hybridized carbons (Fsp3) is 0.375. The van der Waals surface area contributed by atoms with Crippen molar-refractivity contribution in [1.29, 1.82) is 0 Å². The van der Waals surface area contributed by atoms with Crippen LogP contribution in [0.4, 0.5) is 10.1 Å². The summed E-state index contributed by atoms with van der Waals surface area (Å²) < 4.78 is 24.5. The van der Waals surface area contributed by atoms with Gasteiger partial charge in [0, 0.05) is 37.5 Å². The first-order valence-electron chi connectivity index (χ1n) is 6.64. The van der Waals surface area contributed by atoms with Gasteiger partial charge in [0.05, 0.1) is 4.61 Å². The Kier molecular flexibility index (Phi) is 7.24. The zero-order valence-electron chi connectivity index (χ0n) is 12.7. The molecule has 1 aliphatic heterocycles. The summed E-state index contributed by atoms with van der Waals surface area (Å²) in [4.78, 5) is 1.92. The number of benzene rings is 1. The zero-order chi connectivity index (χ0) is 16.8. The second-order valence-corrected chi connectivity index (χ2v) is 5.93. The normalized spacial score (nSPS) is 19.0. The second kappa shape index (κ2) is 8.44. The van der Waals surface area contributed by atoms with Crippen molar-refractivity contribution >= 4 is 37.5 Å². The van der Waals surface area contributed by atoms with Crippen molar-refractivity contribution in [3.05, 3.63) is 28.9 Å². The van der Waals surface area contributed by atoms with Crippen molar-refractivity contribution < 1.29 is 13.9 Å². The summed E-state index contributed by atoms with van der Waals surface area (Å²) in [7, 11) is 1.90. The maximum absolute atomic E-state index is 13.5. The van der Waals surface area contributed by atoms with Gasteiger partial charge in [-0.05, 0) is 34.1 Å². The average molecular weight is 435 g/mol. The van der Waals surface area contributed by atoms with Crippen molar-refractivity contribution in [3.63, 3.8) is 0 Å². The molecule has 0 saturated carbocycles. The van der Waals surface area contributed by atoms with Crippen LogP contribution >= 0.6 is 31.9 Å². The molecule has 0 bridgehead atoms. The third-order valence-corrected chi connectivity index (χ3v) is 3.85. The van der Waals surface area contributed by atoms with Crippen LogP contribution in [0.25, 0.3) is 0 Å². The molecule has 0 radical (unpaired) electrons. The highest BCUT2D eigenvalue weighted by Gasteiger charge is 2.36. The number of hydrogen-bond acceptors (Lipinski definition) is 3. The van der Waals surface area contributed by atoms with E-state index in [0.717, 1.165) is 22.0 Å². The predicted molar refractivity (Wildman–Crippen MR) is 95.5 cm³/mol. The van der Waals surface area contributed by atoms with Crippen LogP contribution in [0.2, 0.25) is 0 Å². The number of halogens is 3. The number of rotatable bonds is 3. The van der Waals surface area contributed by atoms with Gasteiger partial charge in [-0.2, -0.15) is 4.39 Å². The lowest BCUT2D eigenvalue weighted by atomic mass is 10.2. The Morgan fingerprint density at radius 1 is 1.45 bits per heavy atom. The van der Waals surface area contributed by atoms with Crippen LogP contribution in [0.15, 0.2) is 28.9 Å². The molecule has 2 rings (SSSR count). The molecule has 0 aliphatic carbocycles. The van der Waals surface area contributed by atoms with Gasteiger partial charge in [-0.3, -0.25) is 0 Å². The van der Waals surface area contributed by atoms with Crippen molar-refractivity contribution in [3.8, 4) is 23.8 Å². The molecule has 0 saturated heterocycles. The first-order valence-corrected chi connectivity index (χ1v) is 8.55. The lowest BCUT2D eigenvalue weighted by Crippen LogP contribution is -2.27. The van der Waals surface area contributed by atoms with Crippen LogP contribution in [-0.4, -0.2) is 18.4 Å². The van der Waals surface area contributed by atoms with E-state index in [4.69, 9.17) is 15.9 Å². The van der Waals surface area contributed by atoms with E-state index in [2.05, 4.69) is 37.8 Å². The lowest BCUT2D eigenvalue weighted by molar-refractivity contribution is -0.173. The predicted octanol–water partition coefficient (Wildman–Crippen LogP) is 5.20. The molecule has 3 nitrogen and oxygen atoms in total. The molecule has 0 fully saturated rings. The third kappa shape index (κ3) is 5.22. The number of anilines is 1. The van der Waals surface area contributed by atoms with E-state index in [1.165, 1.54) is 6.92 Å². The van der Waals surface area contributed by atoms with Crippen LogP contribution in [0.1, 0.15) is 20.3 Å². The van der Waals surface area contributed by atoms with Crippen LogP contribution < -0.4 is 14.4 Å². The number of nitrogens with zero attached hydrogens (tertiary/aromatic N) is 1. The van der Waals surface area contributed by atoms with Gasteiger partial charge >= 0.3 is 6.04 Å². The van der Waals surface area contributed by atoms with Gasteiger partial charge in [-0.1, -0.05) is 22.9 Å². The highest BCUT2D eigenvalue weighted by atomic mass is 79.9. The highest BCUT2D eigenvalue weighted by molar-refractivity contribution is 9.12. The van der Waals surface area contributed by atoms with E-state index in [-0.39, 0.29) is 0 Å². The summed E-state index contributed by atoms with van der Waals surface area (Å²) in [6, 6.07) is 3.19. The molecule has 0 N–H and O–H groups in total. The molecule has 120 valence electrons. The Hall–Kier alpha value is -1.19. The Morgan fingerprint density at radius 2 is 2.05 bits per heavy atom. The van der Waals surface area contributed by atoms with Gasteiger partial charge in [0.15, 0.2) is 11.5 Å². The number of alkyl halides is 2. The molecular formula is C16H18Br2FNO2. The van der Waals surface area contributed by atoms with E-state index in [0.29, 0.717) is 11.5 Å². The number of hydrogen-bond donors (Lipinski definition) is 0. The van der Waals surface area contributed by atoms with E-state index in [9.17, 15) is 4.39 Å². The number of allylic oxidation sites excluding steroid dienone is 1. The molecule has 1 aromatic carbocycles. The SMILES string of the molecule is C#CCC.CN(/C(Br)=C\CBr)c1ccc2c(c1)OC(C)(F)O2. The first-order chi connectivity index (χ1) is 10.3. The van der Waals surface area contributed by atoms with Gasteiger partial charge in [0.1, 0.15) is 0 Å². The smallest absolute Gasteiger partial charge is 0.404 e. The van der Waals surface area contributed by atoms with Crippen LogP contribution in [0.5, 0.6) is 11.5 Å². The van der Waals surface area contributed by atoms with Crippen LogP contribution in [-0.2, 0) is 0 Å². The molecule has 1 atom stereocenters. The number of fused-ring (bicyclic) bond motifs is 1. The minimum absolute atomic E-state index is 0.406. The largest absolute Gasteiger partial charge is 0.423 e. The Morgan fingerprint density at radius 3 is 2.59 bits per heavy atom. The van der Waals surface area contributed by atoms with E-state index >= 15 is 0 Å². The molecular weight excluding hydrogens is 417 g/mol. The van der Waals surface area contributed by atoms with Crippen molar-refractivity contribution in [1.82, 2.24) is 0 Å². The maximum Gasteiger partial charge on any atom is 0.404 e. The van der Waals surface area contributed by atoms with Gasteiger partial charge in [0.2, 0.25) is 0 Å². The van der Waals surface area contributed by atoms with E-state index in [1.807, 2.05) is 31.0 Å². The molecule has 1 aromatic rings. The van der Waals surface area contributed by atoms with Gasteiger partial charge in [-0.25, -0.2) is 0 Å². The fourth-order valence-corrected chi connectivity index (χ4v) is 2.71. The van der Waals surface area contributed by atoms with Crippen molar-refractivity contribution in [2.75, 3.05) is 17.3 Å². The molecule has 1 heterocycles. The summed E-state index contributed by atoms with van der Waals surface area (Å²) in [5.41, 5.74) is 0.874. The summed E-state index contributed by atoms with van der Waals surface area (Å²) in [5.74, 6) is 3.25. The monoisotopic (exact) mass is 433 g/mol. The summed E-state index contributed by atoms with van der Waals surface area (Å²) in [5, 5.41) is 0.741. The van der Waals surface area contributed by atoms with Gasteiger partial charge < -0.3 is 14.4 Å². The van der Waals surface area contributed by atoms with Crippen molar-refractivity contribution in [2.45, 2.75) is 26.3 Å². The highest BCUT2D eigenvalue weighted by Crippen LogP contribution is 2.42. The first kappa shape index (κ1) is 18.9. The summed E-state index contributed by atoms with van der Waals surface area (Å²) in [6.45, 7) is 3.18. The lowest BCUT2D eigenvalue weighted by Gasteiger charge is -2.18.